The number of carbonyl (C=O) groups excluding carboxylic acids is 1. The zero-order valence-corrected chi connectivity index (χ0v) is 14.7. The third-order valence-electron chi connectivity index (χ3n) is 3.97. The number of benzene rings is 1. The molecule has 1 N–H and O–H groups in total. The summed E-state index contributed by atoms with van der Waals surface area (Å²) in [6.45, 7) is 1.07. The number of rotatable bonds is 4. The zero-order chi connectivity index (χ0) is 17.6. The quantitative estimate of drug-likeness (QED) is 0.817. The van der Waals surface area contributed by atoms with Crippen molar-refractivity contribution in [3.8, 4) is 17.6 Å². The molecule has 24 heavy (non-hydrogen) atoms. The van der Waals surface area contributed by atoms with E-state index in [1.807, 2.05) is 24.3 Å². The van der Waals surface area contributed by atoms with Crippen LogP contribution in [0.25, 0.3) is 0 Å². The first-order valence-electron chi connectivity index (χ1n) is 7.76. The summed E-state index contributed by atoms with van der Waals surface area (Å²) in [7, 11) is -1.55. The number of piperidine rings is 1. The largest absolute Gasteiger partial charge is 0.497 e. The van der Waals surface area contributed by atoms with Crippen molar-refractivity contribution in [2.45, 2.75) is 12.8 Å². The van der Waals surface area contributed by atoms with E-state index in [9.17, 15) is 13.2 Å². The SMILES string of the molecule is COc1ccc(C#CCNC(=O)C2CCN(S(C)(=O)=O)CC2)cc1. The molecule has 1 amide bonds. The van der Waals surface area contributed by atoms with Crippen molar-refractivity contribution in [3.63, 3.8) is 0 Å². The van der Waals surface area contributed by atoms with Gasteiger partial charge in [0.05, 0.1) is 19.9 Å². The molecule has 1 aliphatic rings. The fourth-order valence-corrected chi connectivity index (χ4v) is 3.42. The lowest BCUT2D eigenvalue weighted by molar-refractivity contribution is -0.125. The smallest absolute Gasteiger partial charge is 0.223 e. The number of ether oxygens (including phenoxy) is 1. The second kappa shape index (κ2) is 8.18. The summed E-state index contributed by atoms with van der Waals surface area (Å²) in [6, 6.07) is 7.37. The van der Waals surface area contributed by atoms with Gasteiger partial charge in [0.15, 0.2) is 0 Å². The van der Waals surface area contributed by atoms with Crippen molar-refractivity contribution in [2.75, 3.05) is 33.0 Å². The third-order valence-corrected chi connectivity index (χ3v) is 5.27. The number of hydrogen-bond donors (Lipinski definition) is 1. The lowest BCUT2D eigenvalue weighted by atomic mass is 9.97. The van der Waals surface area contributed by atoms with E-state index < -0.39 is 10.0 Å². The summed E-state index contributed by atoms with van der Waals surface area (Å²) in [5.41, 5.74) is 0.853. The monoisotopic (exact) mass is 350 g/mol. The predicted molar refractivity (Wildman–Crippen MR) is 92.0 cm³/mol. The van der Waals surface area contributed by atoms with Crippen molar-refractivity contribution < 1.29 is 17.9 Å². The molecule has 0 aromatic heterocycles. The average molecular weight is 350 g/mol. The van der Waals surface area contributed by atoms with Gasteiger partial charge in [0, 0.05) is 24.6 Å². The Morgan fingerprint density at radius 3 is 2.46 bits per heavy atom. The highest BCUT2D eigenvalue weighted by molar-refractivity contribution is 7.88. The molecule has 1 heterocycles. The van der Waals surface area contributed by atoms with Crippen LogP contribution in [0, 0.1) is 17.8 Å². The Morgan fingerprint density at radius 2 is 1.92 bits per heavy atom. The van der Waals surface area contributed by atoms with Crippen molar-refractivity contribution in [1.29, 1.82) is 0 Å². The van der Waals surface area contributed by atoms with Gasteiger partial charge in [0.25, 0.3) is 0 Å². The van der Waals surface area contributed by atoms with Gasteiger partial charge in [-0.2, -0.15) is 0 Å². The minimum atomic E-state index is -3.16. The zero-order valence-electron chi connectivity index (χ0n) is 13.9. The van der Waals surface area contributed by atoms with E-state index in [-0.39, 0.29) is 18.4 Å². The summed E-state index contributed by atoms with van der Waals surface area (Å²) in [5, 5.41) is 2.79. The van der Waals surface area contributed by atoms with E-state index in [4.69, 9.17) is 4.74 Å². The Hall–Kier alpha value is -2.04. The second-order valence-electron chi connectivity index (χ2n) is 5.68. The molecule has 1 saturated heterocycles. The maximum atomic E-state index is 12.1. The van der Waals surface area contributed by atoms with E-state index >= 15 is 0 Å². The molecular weight excluding hydrogens is 328 g/mol. The van der Waals surface area contributed by atoms with Gasteiger partial charge in [0.1, 0.15) is 5.75 Å². The van der Waals surface area contributed by atoms with E-state index in [2.05, 4.69) is 17.2 Å². The van der Waals surface area contributed by atoms with Gasteiger partial charge in [-0.1, -0.05) is 11.8 Å². The standard InChI is InChI=1S/C17H22N2O4S/c1-23-16-7-5-14(6-8-16)4-3-11-18-17(20)15-9-12-19(13-10-15)24(2,21)22/h5-8,15H,9-13H2,1-2H3,(H,18,20). The molecule has 0 radical (unpaired) electrons. The lowest BCUT2D eigenvalue weighted by Gasteiger charge is -2.29. The molecule has 1 aromatic carbocycles. The number of amides is 1. The molecule has 2 rings (SSSR count). The normalized spacial score (nSPS) is 16.1. The van der Waals surface area contributed by atoms with Crippen molar-refractivity contribution >= 4 is 15.9 Å². The van der Waals surface area contributed by atoms with Crippen molar-refractivity contribution in [3.05, 3.63) is 29.8 Å². The van der Waals surface area contributed by atoms with Crippen LogP contribution < -0.4 is 10.1 Å². The molecule has 0 aliphatic carbocycles. The van der Waals surface area contributed by atoms with Crippen LogP contribution in [-0.4, -0.2) is 51.6 Å². The van der Waals surface area contributed by atoms with Crippen LogP contribution in [0.5, 0.6) is 5.75 Å². The average Bonchev–Trinajstić information content (AvgIpc) is 2.58. The number of nitrogens with one attached hydrogen (secondary N) is 1. The molecule has 0 atom stereocenters. The van der Waals surface area contributed by atoms with Crippen LogP contribution in [0.1, 0.15) is 18.4 Å². The fourth-order valence-electron chi connectivity index (χ4n) is 2.55. The van der Waals surface area contributed by atoms with Gasteiger partial charge >= 0.3 is 0 Å². The van der Waals surface area contributed by atoms with Gasteiger partial charge in [-0.25, -0.2) is 12.7 Å². The summed E-state index contributed by atoms with van der Waals surface area (Å²) in [6.07, 6.45) is 2.29. The van der Waals surface area contributed by atoms with Crippen molar-refractivity contribution in [1.82, 2.24) is 9.62 Å². The molecular formula is C17H22N2O4S. The van der Waals surface area contributed by atoms with Crippen LogP contribution in [-0.2, 0) is 14.8 Å². The molecule has 0 bridgehead atoms. The van der Waals surface area contributed by atoms with Gasteiger partial charge in [-0.05, 0) is 37.1 Å². The molecule has 1 aromatic rings. The Kier molecular flexibility index (Phi) is 6.23. The minimum Gasteiger partial charge on any atom is -0.497 e. The highest BCUT2D eigenvalue weighted by Gasteiger charge is 2.28. The summed E-state index contributed by atoms with van der Waals surface area (Å²) < 4.78 is 29.4. The summed E-state index contributed by atoms with van der Waals surface area (Å²) in [4.78, 5) is 12.1. The van der Waals surface area contributed by atoms with E-state index in [1.165, 1.54) is 10.6 Å². The first-order chi connectivity index (χ1) is 11.4. The maximum absolute atomic E-state index is 12.1. The molecule has 1 aliphatic heterocycles. The number of sulfonamides is 1. The third kappa shape index (κ3) is 5.25. The fraction of sp³-hybridized carbons (Fsp3) is 0.471. The highest BCUT2D eigenvalue weighted by atomic mass is 32.2. The first kappa shape index (κ1) is 18.3. The molecule has 130 valence electrons. The van der Waals surface area contributed by atoms with Gasteiger partial charge in [0.2, 0.25) is 15.9 Å². The molecule has 0 spiro atoms. The van der Waals surface area contributed by atoms with Gasteiger partial charge in [-0.3, -0.25) is 4.79 Å². The van der Waals surface area contributed by atoms with Crippen LogP contribution in [0.15, 0.2) is 24.3 Å². The molecule has 0 saturated carbocycles. The van der Waals surface area contributed by atoms with Gasteiger partial charge in [-0.15, -0.1) is 0 Å². The first-order valence-corrected chi connectivity index (χ1v) is 9.61. The number of carbonyl (C=O) groups is 1. The predicted octanol–water partition coefficient (Wildman–Crippen LogP) is 0.835. The summed E-state index contributed by atoms with van der Waals surface area (Å²) >= 11 is 0. The Morgan fingerprint density at radius 1 is 1.29 bits per heavy atom. The molecule has 6 nitrogen and oxygen atoms in total. The maximum Gasteiger partial charge on any atom is 0.223 e. The van der Waals surface area contributed by atoms with Crippen LogP contribution in [0.2, 0.25) is 0 Å². The van der Waals surface area contributed by atoms with Crippen LogP contribution in [0.3, 0.4) is 0 Å². The summed E-state index contributed by atoms with van der Waals surface area (Å²) in [5.74, 6) is 6.45. The molecule has 7 heteroatoms. The molecule has 1 fully saturated rings. The Bertz CT molecular complexity index is 724. The van der Waals surface area contributed by atoms with E-state index in [0.717, 1.165) is 11.3 Å². The Balaban J connectivity index is 1.77. The number of nitrogens with zero attached hydrogens (tertiary/aromatic N) is 1. The lowest BCUT2D eigenvalue weighted by Crippen LogP contribution is -2.42. The van der Waals surface area contributed by atoms with E-state index in [0.29, 0.717) is 25.9 Å². The number of methoxy groups -OCH3 is 1. The van der Waals surface area contributed by atoms with E-state index in [1.54, 1.807) is 7.11 Å². The van der Waals surface area contributed by atoms with Crippen molar-refractivity contribution in [2.24, 2.45) is 5.92 Å². The minimum absolute atomic E-state index is 0.0628. The van der Waals surface area contributed by atoms with Gasteiger partial charge < -0.3 is 10.1 Å². The topological polar surface area (TPSA) is 75.7 Å². The molecule has 0 unspecified atom stereocenters. The second-order valence-corrected chi connectivity index (χ2v) is 7.67. The van der Waals surface area contributed by atoms with Crippen LogP contribution in [0.4, 0.5) is 0 Å². The number of hydrogen-bond acceptors (Lipinski definition) is 4. The van der Waals surface area contributed by atoms with Crippen LogP contribution >= 0.6 is 0 Å². The Labute approximate surface area is 143 Å². The highest BCUT2D eigenvalue weighted by Crippen LogP contribution is 2.19.